The van der Waals surface area contributed by atoms with Crippen molar-refractivity contribution in [2.45, 2.75) is 26.2 Å². The summed E-state index contributed by atoms with van der Waals surface area (Å²) in [5, 5.41) is 1.71. The quantitative estimate of drug-likeness (QED) is 0.574. The van der Waals surface area contributed by atoms with Gasteiger partial charge in [-0.3, -0.25) is 14.6 Å². The van der Waals surface area contributed by atoms with Crippen molar-refractivity contribution < 1.29 is 18.7 Å². The number of likely N-dealkylation sites (tertiary alicyclic amines) is 1. The molecular weight excluding hydrogens is 395 g/mol. The Morgan fingerprint density at radius 3 is 2.71 bits per heavy atom. The Labute approximate surface area is 180 Å². The minimum absolute atomic E-state index is 0.171. The molecule has 0 bridgehead atoms. The summed E-state index contributed by atoms with van der Waals surface area (Å²) in [7, 11) is 0. The van der Waals surface area contributed by atoms with Crippen LogP contribution < -0.4 is 0 Å². The van der Waals surface area contributed by atoms with Gasteiger partial charge in [0.2, 0.25) is 0 Å². The summed E-state index contributed by atoms with van der Waals surface area (Å²) in [5.41, 5.74) is -0.173. The fourth-order valence-corrected chi connectivity index (χ4v) is 4.42. The van der Waals surface area contributed by atoms with Gasteiger partial charge in [0, 0.05) is 24.7 Å². The third kappa shape index (κ3) is 4.15. The summed E-state index contributed by atoms with van der Waals surface area (Å²) in [6.45, 7) is 2.67. The molecule has 31 heavy (non-hydrogen) atoms. The highest BCUT2D eigenvalue weighted by atomic mass is 19.1. The van der Waals surface area contributed by atoms with E-state index in [0.29, 0.717) is 30.6 Å². The minimum Gasteiger partial charge on any atom is -0.466 e. The molecule has 1 fully saturated rings. The first-order chi connectivity index (χ1) is 15.0. The van der Waals surface area contributed by atoms with E-state index in [1.54, 1.807) is 36.2 Å². The molecule has 0 unspecified atom stereocenters. The Morgan fingerprint density at radius 2 is 1.90 bits per heavy atom. The van der Waals surface area contributed by atoms with Crippen molar-refractivity contribution in [3.05, 3.63) is 77.9 Å². The molecule has 1 saturated heterocycles. The Hall–Kier alpha value is -3.28. The predicted octanol–water partition coefficient (Wildman–Crippen LogP) is 4.40. The van der Waals surface area contributed by atoms with Crippen LogP contribution in [0, 0.1) is 11.2 Å². The molecule has 0 radical (unpaired) electrons. The van der Waals surface area contributed by atoms with Crippen molar-refractivity contribution in [3.63, 3.8) is 0 Å². The van der Waals surface area contributed by atoms with Crippen LogP contribution in [0.1, 0.15) is 35.8 Å². The molecule has 1 aliphatic heterocycles. The number of hydrogen-bond donors (Lipinski definition) is 0. The summed E-state index contributed by atoms with van der Waals surface area (Å²) in [6.07, 6.45) is 2.97. The van der Waals surface area contributed by atoms with Crippen LogP contribution in [0.3, 0.4) is 0 Å². The normalized spacial score (nSPS) is 18.7. The third-order valence-electron chi connectivity index (χ3n) is 5.94. The lowest BCUT2D eigenvalue weighted by Crippen LogP contribution is -2.52. The lowest BCUT2D eigenvalue weighted by Gasteiger charge is -2.41. The highest BCUT2D eigenvalue weighted by Crippen LogP contribution is 2.36. The smallest absolute Gasteiger partial charge is 0.314 e. The molecule has 3 aromatic rings. The van der Waals surface area contributed by atoms with Crippen molar-refractivity contribution in [2.24, 2.45) is 5.41 Å². The van der Waals surface area contributed by atoms with Crippen LogP contribution in [0.5, 0.6) is 0 Å². The Balaban J connectivity index is 1.68. The predicted molar refractivity (Wildman–Crippen MR) is 116 cm³/mol. The van der Waals surface area contributed by atoms with Gasteiger partial charge in [-0.1, -0.05) is 42.5 Å². The number of amides is 1. The van der Waals surface area contributed by atoms with E-state index in [-0.39, 0.29) is 37.3 Å². The van der Waals surface area contributed by atoms with E-state index < -0.39 is 5.41 Å². The fourth-order valence-electron chi connectivity index (χ4n) is 4.42. The molecule has 4 rings (SSSR count). The minimum atomic E-state index is -0.989. The van der Waals surface area contributed by atoms with Gasteiger partial charge in [-0.05, 0) is 49.3 Å². The van der Waals surface area contributed by atoms with Gasteiger partial charge >= 0.3 is 5.97 Å². The number of piperidine rings is 1. The van der Waals surface area contributed by atoms with Gasteiger partial charge in [-0.25, -0.2) is 4.39 Å². The van der Waals surface area contributed by atoms with Crippen LogP contribution in [0.15, 0.2) is 60.8 Å². The first-order valence-electron chi connectivity index (χ1n) is 10.6. The average molecular weight is 420 g/mol. The number of hydrogen-bond acceptors (Lipinski definition) is 4. The van der Waals surface area contributed by atoms with Crippen LogP contribution in [0.4, 0.5) is 4.39 Å². The number of ether oxygens (including phenoxy) is 1. The van der Waals surface area contributed by atoms with Crippen molar-refractivity contribution in [1.82, 2.24) is 9.88 Å². The molecule has 1 aliphatic rings. The van der Waals surface area contributed by atoms with E-state index in [1.165, 1.54) is 6.07 Å². The Kier molecular flexibility index (Phi) is 5.98. The molecule has 6 heteroatoms. The molecule has 1 aromatic heterocycles. The molecule has 2 heterocycles. The topological polar surface area (TPSA) is 59.5 Å². The summed E-state index contributed by atoms with van der Waals surface area (Å²) >= 11 is 0. The maximum absolute atomic E-state index is 14.4. The first-order valence-corrected chi connectivity index (χ1v) is 10.6. The molecule has 1 amide bonds. The maximum atomic E-state index is 14.4. The Bertz CT molecular complexity index is 1110. The Morgan fingerprint density at radius 1 is 1.13 bits per heavy atom. The van der Waals surface area contributed by atoms with Crippen LogP contribution in [-0.2, 0) is 16.0 Å². The molecule has 0 aliphatic carbocycles. The first kappa shape index (κ1) is 21.0. The van der Waals surface area contributed by atoms with Gasteiger partial charge in [-0.2, -0.15) is 0 Å². The molecular formula is C25H25FN2O3. The van der Waals surface area contributed by atoms with E-state index >= 15 is 0 Å². The number of carbonyl (C=O) groups is 2. The van der Waals surface area contributed by atoms with Gasteiger partial charge in [0.05, 0.1) is 12.0 Å². The van der Waals surface area contributed by atoms with Gasteiger partial charge in [-0.15, -0.1) is 0 Å². The molecule has 1 atom stereocenters. The SMILES string of the molecule is CCOC(=O)[C@]1(Cc2ccccc2F)CCCN(C(=O)c2nccc3ccccc23)C1. The molecule has 0 saturated carbocycles. The fraction of sp³-hybridized carbons (Fsp3) is 0.320. The van der Waals surface area contributed by atoms with Crippen LogP contribution >= 0.6 is 0 Å². The zero-order chi connectivity index (χ0) is 21.8. The van der Waals surface area contributed by atoms with Crippen LogP contribution in [0.2, 0.25) is 0 Å². The number of rotatable bonds is 5. The number of benzene rings is 2. The van der Waals surface area contributed by atoms with Gasteiger partial charge in [0.1, 0.15) is 11.5 Å². The highest BCUT2D eigenvalue weighted by molar-refractivity contribution is 6.05. The van der Waals surface area contributed by atoms with Gasteiger partial charge in [0.25, 0.3) is 5.91 Å². The van der Waals surface area contributed by atoms with Crippen molar-refractivity contribution in [3.8, 4) is 0 Å². The summed E-state index contributed by atoms with van der Waals surface area (Å²) in [4.78, 5) is 32.5. The number of nitrogens with zero attached hydrogens (tertiary/aromatic N) is 2. The lowest BCUT2D eigenvalue weighted by atomic mass is 9.74. The summed E-state index contributed by atoms with van der Waals surface area (Å²) < 4.78 is 19.8. The zero-order valence-electron chi connectivity index (χ0n) is 17.5. The molecule has 0 N–H and O–H groups in total. The van der Waals surface area contributed by atoms with Gasteiger partial charge in [0.15, 0.2) is 0 Å². The van der Waals surface area contributed by atoms with Crippen molar-refractivity contribution in [1.29, 1.82) is 0 Å². The number of pyridine rings is 1. The zero-order valence-corrected chi connectivity index (χ0v) is 17.5. The second kappa shape index (κ2) is 8.84. The van der Waals surface area contributed by atoms with E-state index in [9.17, 15) is 14.0 Å². The van der Waals surface area contributed by atoms with E-state index in [0.717, 1.165) is 10.8 Å². The van der Waals surface area contributed by atoms with Crippen LogP contribution in [0.25, 0.3) is 10.8 Å². The van der Waals surface area contributed by atoms with E-state index in [4.69, 9.17) is 4.74 Å². The number of halogens is 1. The average Bonchev–Trinajstić information content (AvgIpc) is 2.80. The van der Waals surface area contributed by atoms with Crippen LogP contribution in [-0.4, -0.2) is 41.5 Å². The van der Waals surface area contributed by atoms with E-state index in [1.807, 2.05) is 30.3 Å². The summed E-state index contributed by atoms with van der Waals surface area (Å²) in [5.74, 6) is -0.967. The highest BCUT2D eigenvalue weighted by Gasteiger charge is 2.45. The van der Waals surface area contributed by atoms with Crippen molar-refractivity contribution in [2.75, 3.05) is 19.7 Å². The van der Waals surface area contributed by atoms with E-state index in [2.05, 4.69) is 4.98 Å². The number of carbonyl (C=O) groups excluding carboxylic acids is 2. The summed E-state index contributed by atoms with van der Waals surface area (Å²) in [6, 6.07) is 15.9. The monoisotopic (exact) mass is 420 g/mol. The molecule has 0 spiro atoms. The molecule has 2 aromatic carbocycles. The lowest BCUT2D eigenvalue weighted by molar-refractivity contribution is -0.158. The van der Waals surface area contributed by atoms with Gasteiger partial charge < -0.3 is 9.64 Å². The standard InChI is InChI=1S/C25H25FN2O3/c1-2-31-24(30)25(16-19-9-4-6-11-21(19)26)13-7-15-28(17-25)23(29)22-20-10-5-3-8-18(20)12-14-27-22/h3-6,8-12,14H,2,7,13,15-17H2,1H3/t25-/m0/s1. The number of esters is 1. The second-order valence-corrected chi connectivity index (χ2v) is 7.98. The number of aromatic nitrogens is 1. The number of fused-ring (bicyclic) bond motifs is 1. The third-order valence-corrected chi connectivity index (χ3v) is 5.94. The molecule has 5 nitrogen and oxygen atoms in total. The van der Waals surface area contributed by atoms with Crippen molar-refractivity contribution >= 4 is 22.6 Å². The second-order valence-electron chi connectivity index (χ2n) is 7.98. The molecule has 160 valence electrons. The maximum Gasteiger partial charge on any atom is 0.314 e. The largest absolute Gasteiger partial charge is 0.466 e.